The van der Waals surface area contributed by atoms with Gasteiger partial charge in [-0.1, -0.05) is 25.7 Å². The van der Waals surface area contributed by atoms with Crippen LogP contribution in [0.25, 0.3) is 0 Å². The summed E-state index contributed by atoms with van der Waals surface area (Å²) < 4.78 is 0. The summed E-state index contributed by atoms with van der Waals surface area (Å²) in [5.41, 5.74) is 3.66. The number of carbonyl (C=O) groups is 1. The van der Waals surface area contributed by atoms with E-state index in [1.165, 1.54) is 70.8 Å². The van der Waals surface area contributed by atoms with Crippen LogP contribution in [-0.2, 0) is 4.79 Å². The van der Waals surface area contributed by atoms with Crippen molar-refractivity contribution in [1.29, 1.82) is 0 Å². The Morgan fingerprint density at radius 2 is 1.66 bits per heavy atom. The summed E-state index contributed by atoms with van der Waals surface area (Å²) >= 11 is 0. The van der Waals surface area contributed by atoms with Gasteiger partial charge in [0.25, 0.3) is 0 Å². The Hall–Kier alpha value is -0.730. The van der Waals surface area contributed by atoms with Crippen LogP contribution >= 0.6 is 0 Å². The minimum absolute atomic E-state index is 0.0417. The van der Waals surface area contributed by atoms with Gasteiger partial charge in [-0.05, 0) is 70.4 Å². The SMILES string of the molecule is O=C(O)C(C1CCN(C2CCCCC2)N1)N1CCCN(C2CCCC3CCCNC32)CC1. The van der Waals surface area contributed by atoms with Crippen molar-refractivity contribution < 1.29 is 9.90 Å². The molecule has 0 aromatic carbocycles. The fraction of sp³-hybridized carbons (Fsp3) is 0.960. The van der Waals surface area contributed by atoms with Crippen LogP contribution in [-0.4, -0.2) is 95.4 Å². The Morgan fingerprint density at radius 3 is 2.50 bits per heavy atom. The van der Waals surface area contributed by atoms with Crippen LogP contribution in [0.5, 0.6) is 0 Å². The predicted molar refractivity (Wildman–Crippen MR) is 126 cm³/mol. The molecule has 5 atom stereocenters. The first-order valence-electron chi connectivity index (χ1n) is 13.7. The zero-order valence-electron chi connectivity index (χ0n) is 19.9. The number of nitrogens with zero attached hydrogens (tertiary/aromatic N) is 3. The van der Waals surface area contributed by atoms with E-state index in [0.29, 0.717) is 18.1 Å². The number of hydrogen-bond acceptors (Lipinski definition) is 6. The summed E-state index contributed by atoms with van der Waals surface area (Å²) in [6.07, 6.45) is 15.3. The highest BCUT2D eigenvalue weighted by atomic mass is 16.4. The maximum absolute atomic E-state index is 12.4. The maximum Gasteiger partial charge on any atom is 0.322 e. The molecule has 32 heavy (non-hydrogen) atoms. The van der Waals surface area contributed by atoms with Crippen LogP contribution in [0.3, 0.4) is 0 Å². The van der Waals surface area contributed by atoms with Gasteiger partial charge in [-0.15, -0.1) is 0 Å². The van der Waals surface area contributed by atoms with Crippen LogP contribution in [0.1, 0.15) is 77.0 Å². The van der Waals surface area contributed by atoms with Gasteiger partial charge in [-0.3, -0.25) is 14.6 Å². The third kappa shape index (κ3) is 5.02. The second kappa shape index (κ2) is 10.7. The molecule has 2 aliphatic carbocycles. The predicted octanol–water partition coefficient (Wildman–Crippen LogP) is 2.28. The number of nitrogens with one attached hydrogen (secondary N) is 2. The Kier molecular flexibility index (Phi) is 7.69. The van der Waals surface area contributed by atoms with Gasteiger partial charge in [-0.2, -0.15) is 0 Å². The van der Waals surface area contributed by atoms with Gasteiger partial charge < -0.3 is 10.4 Å². The van der Waals surface area contributed by atoms with E-state index >= 15 is 0 Å². The molecule has 0 amide bonds. The molecule has 3 N–H and O–H groups in total. The van der Waals surface area contributed by atoms with E-state index in [2.05, 4.69) is 25.6 Å². The van der Waals surface area contributed by atoms with Gasteiger partial charge in [0.1, 0.15) is 6.04 Å². The molecule has 0 radical (unpaired) electrons. The van der Waals surface area contributed by atoms with E-state index in [4.69, 9.17) is 0 Å². The number of aliphatic carboxylic acids is 1. The first-order chi connectivity index (χ1) is 15.7. The molecule has 0 aromatic rings. The smallest absolute Gasteiger partial charge is 0.322 e. The van der Waals surface area contributed by atoms with Crippen molar-refractivity contribution in [3.63, 3.8) is 0 Å². The summed E-state index contributed by atoms with van der Waals surface area (Å²) in [6.45, 7) is 6.08. The van der Waals surface area contributed by atoms with E-state index in [9.17, 15) is 9.90 Å². The highest BCUT2D eigenvalue weighted by molar-refractivity contribution is 5.74. The normalized spacial score (nSPS) is 37.6. The molecule has 5 fully saturated rings. The Morgan fingerprint density at radius 1 is 0.812 bits per heavy atom. The largest absolute Gasteiger partial charge is 0.480 e. The molecule has 2 saturated carbocycles. The summed E-state index contributed by atoms with van der Waals surface area (Å²) in [5, 5.41) is 16.5. The second-order valence-corrected chi connectivity index (χ2v) is 11.1. The van der Waals surface area contributed by atoms with Crippen molar-refractivity contribution in [2.75, 3.05) is 39.3 Å². The van der Waals surface area contributed by atoms with Crippen molar-refractivity contribution in [3.8, 4) is 0 Å². The molecule has 7 heteroatoms. The average Bonchev–Trinajstić information content (AvgIpc) is 3.18. The maximum atomic E-state index is 12.4. The monoisotopic (exact) mass is 447 g/mol. The number of carboxylic acid groups (broad SMARTS) is 1. The Labute approximate surface area is 194 Å². The van der Waals surface area contributed by atoms with E-state index in [0.717, 1.165) is 51.5 Å². The molecule has 0 spiro atoms. The zero-order chi connectivity index (χ0) is 21.9. The fourth-order valence-electron chi connectivity index (χ4n) is 7.61. The summed E-state index contributed by atoms with van der Waals surface area (Å²) in [4.78, 5) is 17.4. The minimum atomic E-state index is -0.645. The highest BCUT2D eigenvalue weighted by Crippen LogP contribution is 2.34. The highest BCUT2D eigenvalue weighted by Gasteiger charge is 2.42. The van der Waals surface area contributed by atoms with Crippen molar-refractivity contribution in [1.82, 2.24) is 25.6 Å². The summed E-state index contributed by atoms with van der Waals surface area (Å²) in [7, 11) is 0. The summed E-state index contributed by atoms with van der Waals surface area (Å²) in [5.74, 6) is 0.204. The second-order valence-electron chi connectivity index (χ2n) is 11.1. The van der Waals surface area contributed by atoms with E-state index < -0.39 is 12.0 Å². The number of carboxylic acids is 1. The van der Waals surface area contributed by atoms with E-state index in [-0.39, 0.29) is 6.04 Å². The van der Waals surface area contributed by atoms with Crippen molar-refractivity contribution >= 4 is 5.97 Å². The standard InChI is InChI=1S/C25H45N5O2/c31-25(32)24(21-12-16-30(27-21)20-9-2-1-3-10-20)29-15-6-14-28(17-18-29)22-11-4-7-19-8-5-13-26-23(19)22/h19-24,26-27H,1-18H2,(H,31,32). The molecule has 5 unspecified atom stereocenters. The molecule has 0 bridgehead atoms. The molecule has 3 saturated heterocycles. The van der Waals surface area contributed by atoms with Crippen molar-refractivity contribution in [2.24, 2.45) is 5.92 Å². The lowest BCUT2D eigenvalue weighted by molar-refractivity contribution is -0.144. The molecule has 0 aromatic heterocycles. The molecule has 182 valence electrons. The quantitative estimate of drug-likeness (QED) is 0.597. The number of hydrogen-bond donors (Lipinski definition) is 3. The molecule has 5 rings (SSSR count). The van der Waals surface area contributed by atoms with Crippen LogP contribution in [0, 0.1) is 5.92 Å². The fourth-order valence-corrected chi connectivity index (χ4v) is 7.61. The number of hydrazine groups is 1. The lowest BCUT2D eigenvalue weighted by atomic mass is 9.76. The van der Waals surface area contributed by atoms with Crippen LogP contribution in [0.4, 0.5) is 0 Å². The number of rotatable bonds is 5. The molecular weight excluding hydrogens is 402 g/mol. The van der Waals surface area contributed by atoms with Gasteiger partial charge in [0.2, 0.25) is 0 Å². The lowest BCUT2D eigenvalue weighted by Crippen LogP contribution is -2.58. The lowest BCUT2D eigenvalue weighted by Gasteiger charge is -2.46. The van der Waals surface area contributed by atoms with E-state index in [1.807, 2.05) is 0 Å². The van der Waals surface area contributed by atoms with Gasteiger partial charge in [0.05, 0.1) is 0 Å². The van der Waals surface area contributed by atoms with Crippen LogP contribution in [0.2, 0.25) is 0 Å². The van der Waals surface area contributed by atoms with Gasteiger partial charge in [-0.25, -0.2) is 10.4 Å². The number of piperidine rings is 1. The van der Waals surface area contributed by atoms with Gasteiger partial charge in [0.15, 0.2) is 0 Å². The summed E-state index contributed by atoms with van der Waals surface area (Å²) in [6, 6.07) is 1.53. The van der Waals surface area contributed by atoms with E-state index in [1.54, 1.807) is 0 Å². The third-order valence-electron chi connectivity index (χ3n) is 9.22. The molecule has 3 heterocycles. The van der Waals surface area contributed by atoms with Crippen LogP contribution < -0.4 is 10.7 Å². The first-order valence-corrected chi connectivity index (χ1v) is 13.7. The topological polar surface area (TPSA) is 71.1 Å². The minimum Gasteiger partial charge on any atom is -0.480 e. The van der Waals surface area contributed by atoms with Crippen molar-refractivity contribution in [3.05, 3.63) is 0 Å². The molecule has 3 aliphatic heterocycles. The molecular formula is C25H45N5O2. The van der Waals surface area contributed by atoms with Gasteiger partial charge >= 0.3 is 5.97 Å². The molecule has 5 aliphatic rings. The Bertz CT molecular complexity index is 625. The van der Waals surface area contributed by atoms with Gasteiger partial charge in [0, 0.05) is 50.3 Å². The average molecular weight is 448 g/mol. The molecule has 7 nitrogen and oxygen atoms in total. The first kappa shape index (κ1) is 23.0. The van der Waals surface area contributed by atoms with Crippen LogP contribution in [0.15, 0.2) is 0 Å². The third-order valence-corrected chi connectivity index (χ3v) is 9.22. The zero-order valence-corrected chi connectivity index (χ0v) is 19.9. The Balaban J connectivity index is 1.20. The number of fused-ring (bicyclic) bond motifs is 1. The van der Waals surface area contributed by atoms with Crippen molar-refractivity contribution in [2.45, 2.75) is 107 Å².